The van der Waals surface area contributed by atoms with E-state index in [1.807, 2.05) is 53.6 Å². The molecule has 1 aliphatic rings. The van der Waals surface area contributed by atoms with Crippen LogP contribution in [-0.2, 0) is 30.5 Å². The highest BCUT2D eigenvalue weighted by molar-refractivity contribution is 7.98. The summed E-state index contributed by atoms with van der Waals surface area (Å²) in [6, 6.07) is 12.9. The number of unbranched alkanes of at least 4 members (excludes halogenated alkanes) is 1. The van der Waals surface area contributed by atoms with Gasteiger partial charge in [0.25, 0.3) is 0 Å². The molecule has 1 saturated heterocycles. The predicted octanol–water partition coefficient (Wildman–Crippen LogP) is 3.25. The van der Waals surface area contributed by atoms with Crippen LogP contribution in [-0.4, -0.2) is 79.4 Å². The Morgan fingerprint density at radius 3 is 2.50 bits per heavy atom. The van der Waals surface area contributed by atoms with Gasteiger partial charge in [-0.25, -0.2) is 4.79 Å². The van der Waals surface area contributed by atoms with Gasteiger partial charge >= 0.3 is 5.97 Å². The Balaban J connectivity index is 0.00000131. The fraction of sp³-hybridized carbons (Fsp3) is 0.533. The lowest BCUT2D eigenvalue weighted by Gasteiger charge is -2.24. The number of carbonyl (C=O) groups is 4. The van der Waals surface area contributed by atoms with Crippen LogP contribution in [0.1, 0.15) is 51.5 Å². The van der Waals surface area contributed by atoms with Crippen LogP contribution in [0.4, 0.5) is 0 Å². The van der Waals surface area contributed by atoms with Gasteiger partial charge < -0.3 is 20.7 Å². The first-order valence-corrected chi connectivity index (χ1v) is 15.3. The van der Waals surface area contributed by atoms with E-state index in [1.165, 1.54) is 20.0 Å². The van der Waals surface area contributed by atoms with E-state index in [0.29, 0.717) is 44.6 Å². The molecule has 2 aromatic rings. The molecule has 220 valence electrons. The first-order chi connectivity index (χ1) is 19.3. The Kier molecular flexibility index (Phi) is 15.1. The molecule has 3 amide bonds. The van der Waals surface area contributed by atoms with E-state index in [1.54, 1.807) is 11.8 Å². The first-order valence-electron chi connectivity index (χ1n) is 13.9. The lowest BCUT2D eigenvalue weighted by molar-refractivity contribution is -0.145. The van der Waals surface area contributed by atoms with E-state index >= 15 is 0 Å². The summed E-state index contributed by atoms with van der Waals surface area (Å²) < 4.78 is 4.85. The number of benzene rings is 2. The van der Waals surface area contributed by atoms with Crippen LogP contribution in [0.15, 0.2) is 42.5 Å². The van der Waals surface area contributed by atoms with Crippen molar-refractivity contribution in [1.82, 2.24) is 20.9 Å². The number of nitrogens with zero attached hydrogens (tertiary/aromatic N) is 1. The Bertz CT molecular complexity index is 1110. The number of ether oxygens (including phenoxy) is 1. The SMILES string of the molecule is CCCC.COC(=O)[C@H](CCSC)NC(=O)CN(CCNC(=O)[C@@H]1CCC(=O)N1)Cc1cccc2ccccc12. The average molecular weight is 573 g/mol. The number of hydrogen-bond acceptors (Lipinski definition) is 7. The van der Waals surface area contributed by atoms with E-state index in [9.17, 15) is 19.2 Å². The Hall–Kier alpha value is -3.11. The molecule has 1 fully saturated rings. The molecular formula is C30H44N4O5S. The normalized spacial score (nSPS) is 15.1. The molecule has 0 spiro atoms. The van der Waals surface area contributed by atoms with E-state index < -0.39 is 18.1 Å². The Morgan fingerprint density at radius 1 is 1.12 bits per heavy atom. The minimum atomic E-state index is -0.708. The van der Waals surface area contributed by atoms with Crippen LogP contribution in [0.5, 0.6) is 0 Å². The third kappa shape index (κ3) is 11.2. The van der Waals surface area contributed by atoms with Crippen molar-refractivity contribution in [1.29, 1.82) is 0 Å². The minimum Gasteiger partial charge on any atom is -0.467 e. The molecule has 2 aromatic carbocycles. The van der Waals surface area contributed by atoms with Crippen LogP contribution in [0, 0.1) is 0 Å². The quantitative estimate of drug-likeness (QED) is 0.298. The van der Waals surface area contributed by atoms with Gasteiger partial charge in [0.15, 0.2) is 0 Å². The van der Waals surface area contributed by atoms with Gasteiger partial charge in [-0.05, 0) is 41.2 Å². The number of thioether (sulfide) groups is 1. The molecule has 3 rings (SSSR count). The summed E-state index contributed by atoms with van der Waals surface area (Å²) in [6.45, 7) is 5.62. The maximum atomic E-state index is 12.9. The molecule has 0 unspecified atom stereocenters. The molecular weight excluding hydrogens is 528 g/mol. The van der Waals surface area contributed by atoms with Gasteiger partial charge in [-0.2, -0.15) is 11.8 Å². The van der Waals surface area contributed by atoms with E-state index in [0.717, 1.165) is 16.3 Å². The van der Waals surface area contributed by atoms with E-state index in [4.69, 9.17) is 4.74 Å². The monoisotopic (exact) mass is 572 g/mol. The lowest BCUT2D eigenvalue weighted by atomic mass is 10.0. The zero-order chi connectivity index (χ0) is 29.3. The second-order valence-electron chi connectivity index (χ2n) is 9.72. The maximum Gasteiger partial charge on any atom is 0.328 e. The molecule has 0 aliphatic carbocycles. The summed E-state index contributed by atoms with van der Waals surface area (Å²) in [7, 11) is 1.31. The summed E-state index contributed by atoms with van der Waals surface area (Å²) in [4.78, 5) is 50.8. The Morgan fingerprint density at radius 2 is 1.85 bits per heavy atom. The molecule has 10 heteroatoms. The van der Waals surface area contributed by atoms with Crippen molar-refractivity contribution in [3.8, 4) is 0 Å². The highest BCUT2D eigenvalue weighted by Crippen LogP contribution is 2.20. The lowest BCUT2D eigenvalue weighted by Crippen LogP contribution is -2.48. The number of rotatable bonds is 14. The van der Waals surface area contributed by atoms with Crippen molar-refractivity contribution in [3.05, 3.63) is 48.0 Å². The smallest absolute Gasteiger partial charge is 0.328 e. The summed E-state index contributed by atoms with van der Waals surface area (Å²) in [5.41, 5.74) is 1.06. The number of amides is 3. The molecule has 40 heavy (non-hydrogen) atoms. The van der Waals surface area contributed by atoms with Crippen molar-refractivity contribution >= 4 is 46.2 Å². The summed E-state index contributed by atoms with van der Waals surface area (Å²) in [5.74, 6) is -0.391. The summed E-state index contributed by atoms with van der Waals surface area (Å²) >= 11 is 1.59. The number of methoxy groups -OCH3 is 1. The van der Waals surface area contributed by atoms with Crippen molar-refractivity contribution in [2.75, 3.05) is 38.8 Å². The first kappa shape index (κ1) is 33.1. The maximum absolute atomic E-state index is 12.9. The molecule has 0 bridgehead atoms. The van der Waals surface area contributed by atoms with Crippen LogP contribution < -0.4 is 16.0 Å². The zero-order valence-corrected chi connectivity index (χ0v) is 25.0. The molecule has 1 aliphatic heterocycles. The van der Waals surface area contributed by atoms with Gasteiger partial charge in [-0.15, -0.1) is 0 Å². The molecule has 3 N–H and O–H groups in total. The van der Waals surface area contributed by atoms with Crippen molar-refractivity contribution in [3.63, 3.8) is 0 Å². The number of carbonyl (C=O) groups excluding carboxylic acids is 4. The third-order valence-electron chi connectivity index (χ3n) is 6.61. The molecule has 9 nitrogen and oxygen atoms in total. The largest absolute Gasteiger partial charge is 0.467 e. The van der Waals surface area contributed by atoms with Gasteiger partial charge in [-0.1, -0.05) is 69.2 Å². The second-order valence-corrected chi connectivity index (χ2v) is 10.7. The van der Waals surface area contributed by atoms with Crippen LogP contribution in [0.25, 0.3) is 10.8 Å². The van der Waals surface area contributed by atoms with Gasteiger partial charge in [-0.3, -0.25) is 19.3 Å². The van der Waals surface area contributed by atoms with Gasteiger partial charge in [0, 0.05) is 26.1 Å². The number of hydrogen-bond donors (Lipinski definition) is 3. The zero-order valence-electron chi connectivity index (χ0n) is 24.2. The average Bonchev–Trinajstić information content (AvgIpc) is 3.41. The standard InChI is InChI=1S/C26H34N4O5S.C4H10/c1-35-26(34)22(12-15-36-2)29-24(32)17-30(14-13-27-25(33)21-10-11-23(31)28-21)16-19-8-5-7-18-6-3-4-9-20(18)19;1-3-4-2/h3-9,21-22H,10-17H2,1-2H3,(H,27,33)(H,28,31)(H,29,32);3-4H2,1-2H3/t21-,22-;/m0./s1. The third-order valence-corrected chi connectivity index (χ3v) is 7.26. The van der Waals surface area contributed by atoms with Gasteiger partial charge in [0.2, 0.25) is 17.7 Å². The molecule has 1 heterocycles. The molecule has 2 atom stereocenters. The fourth-order valence-corrected chi connectivity index (χ4v) is 4.70. The van der Waals surface area contributed by atoms with Crippen LogP contribution >= 0.6 is 11.8 Å². The van der Waals surface area contributed by atoms with Crippen molar-refractivity contribution < 1.29 is 23.9 Å². The highest BCUT2D eigenvalue weighted by Gasteiger charge is 2.27. The van der Waals surface area contributed by atoms with E-state index in [2.05, 4.69) is 29.8 Å². The number of esters is 1. The van der Waals surface area contributed by atoms with Crippen molar-refractivity contribution in [2.45, 2.75) is 64.6 Å². The highest BCUT2D eigenvalue weighted by atomic mass is 32.2. The number of nitrogens with one attached hydrogen (secondary N) is 3. The second kappa shape index (κ2) is 18.3. The predicted molar refractivity (Wildman–Crippen MR) is 161 cm³/mol. The van der Waals surface area contributed by atoms with Gasteiger partial charge in [0.1, 0.15) is 12.1 Å². The molecule has 0 aromatic heterocycles. The number of fused-ring (bicyclic) bond motifs is 1. The minimum absolute atomic E-state index is 0.0476. The van der Waals surface area contributed by atoms with Crippen LogP contribution in [0.3, 0.4) is 0 Å². The molecule has 0 radical (unpaired) electrons. The van der Waals surface area contributed by atoms with Crippen LogP contribution in [0.2, 0.25) is 0 Å². The topological polar surface area (TPSA) is 117 Å². The summed E-state index contributed by atoms with van der Waals surface area (Å²) in [6.07, 6.45) is 5.89. The van der Waals surface area contributed by atoms with E-state index in [-0.39, 0.29) is 24.3 Å². The fourth-order valence-electron chi connectivity index (χ4n) is 4.23. The van der Waals surface area contributed by atoms with Gasteiger partial charge in [0.05, 0.1) is 13.7 Å². The summed E-state index contributed by atoms with van der Waals surface area (Å²) in [5, 5.41) is 10.5. The van der Waals surface area contributed by atoms with Crippen molar-refractivity contribution in [2.24, 2.45) is 0 Å². The Labute approximate surface area is 242 Å². The molecule has 0 saturated carbocycles.